The summed E-state index contributed by atoms with van der Waals surface area (Å²) in [6, 6.07) is 23.2. The first-order chi connectivity index (χ1) is 14.6. The number of methoxy groups -OCH3 is 1. The van der Waals surface area contributed by atoms with E-state index in [-0.39, 0.29) is 18.4 Å². The minimum absolute atomic E-state index is 0.122. The van der Waals surface area contributed by atoms with Gasteiger partial charge in [0.1, 0.15) is 5.75 Å². The zero-order chi connectivity index (χ0) is 21.3. The number of aryl methyl sites for hydroxylation is 3. The molecular formula is C25H26N2O3. The van der Waals surface area contributed by atoms with Crippen molar-refractivity contribution in [3.05, 3.63) is 95.1 Å². The first-order valence-electron chi connectivity index (χ1n) is 9.91. The fraction of sp³-hybridized carbons (Fsp3) is 0.200. The van der Waals surface area contributed by atoms with Gasteiger partial charge >= 0.3 is 0 Å². The molecular weight excluding hydrogens is 376 g/mol. The van der Waals surface area contributed by atoms with Crippen LogP contribution in [0.2, 0.25) is 0 Å². The second-order valence-corrected chi connectivity index (χ2v) is 7.08. The maximum Gasteiger partial charge on any atom is 0.251 e. The largest absolute Gasteiger partial charge is 0.495 e. The number of carbonyl (C=O) groups excluding carboxylic acids is 2. The van der Waals surface area contributed by atoms with Crippen LogP contribution in [0.5, 0.6) is 5.75 Å². The Bertz CT molecular complexity index is 1020. The highest BCUT2D eigenvalue weighted by Gasteiger charge is 2.13. The highest BCUT2D eigenvalue weighted by Crippen LogP contribution is 2.25. The third-order valence-corrected chi connectivity index (χ3v) is 4.83. The molecule has 0 heterocycles. The lowest BCUT2D eigenvalue weighted by atomic mass is 9.99. The van der Waals surface area contributed by atoms with E-state index in [0.29, 0.717) is 17.0 Å². The molecule has 0 fully saturated rings. The Kier molecular flexibility index (Phi) is 7.22. The second-order valence-electron chi connectivity index (χ2n) is 7.08. The molecule has 0 aliphatic rings. The third-order valence-electron chi connectivity index (χ3n) is 4.83. The van der Waals surface area contributed by atoms with Gasteiger partial charge in [0, 0.05) is 5.56 Å². The molecule has 3 aromatic carbocycles. The molecule has 2 amide bonds. The highest BCUT2D eigenvalue weighted by atomic mass is 16.5. The van der Waals surface area contributed by atoms with Gasteiger partial charge in [0.15, 0.2) is 0 Å². The Labute approximate surface area is 177 Å². The molecule has 0 saturated carbocycles. The van der Waals surface area contributed by atoms with E-state index in [0.717, 1.165) is 24.0 Å². The summed E-state index contributed by atoms with van der Waals surface area (Å²) in [5.41, 5.74) is 4.36. The fourth-order valence-corrected chi connectivity index (χ4v) is 3.25. The van der Waals surface area contributed by atoms with E-state index in [1.165, 1.54) is 5.56 Å². The SMILES string of the molecule is COc1ccc(C)cc1NC(=O)CNC(=O)c1ccccc1CCc1ccccc1. The first kappa shape index (κ1) is 21.1. The molecule has 5 heteroatoms. The van der Waals surface area contributed by atoms with Gasteiger partial charge in [0.25, 0.3) is 5.91 Å². The van der Waals surface area contributed by atoms with Gasteiger partial charge in [0.05, 0.1) is 19.3 Å². The van der Waals surface area contributed by atoms with Crippen LogP contribution in [0, 0.1) is 6.92 Å². The molecule has 0 radical (unpaired) electrons. The summed E-state index contributed by atoms with van der Waals surface area (Å²) in [7, 11) is 1.55. The third kappa shape index (κ3) is 5.70. The summed E-state index contributed by atoms with van der Waals surface area (Å²) in [6.07, 6.45) is 1.60. The van der Waals surface area contributed by atoms with Crippen LogP contribution in [-0.2, 0) is 17.6 Å². The van der Waals surface area contributed by atoms with Crippen LogP contribution in [0.15, 0.2) is 72.8 Å². The number of hydrogen-bond acceptors (Lipinski definition) is 3. The lowest BCUT2D eigenvalue weighted by Gasteiger charge is -2.13. The Morgan fingerprint density at radius 2 is 1.63 bits per heavy atom. The van der Waals surface area contributed by atoms with E-state index in [9.17, 15) is 9.59 Å². The van der Waals surface area contributed by atoms with Crippen LogP contribution in [0.4, 0.5) is 5.69 Å². The van der Waals surface area contributed by atoms with E-state index >= 15 is 0 Å². The number of rotatable bonds is 8. The van der Waals surface area contributed by atoms with Crippen molar-refractivity contribution in [2.75, 3.05) is 19.0 Å². The molecule has 0 bridgehead atoms. The Hall–Kier alpha value is -3.60. The first-order valence-corrected chi connectivity index (χ1v) is 9.91. The number of amides is 2. The monoisotopic (exact) mass is 402 g/mol. The molecule has 0 aromatic heterocycles. The quantitative estimate of drug-likeness (QED) is 0.595. The lowest BCUT2D eigenvalue weighted by Crippen LogP contribution is -2.33. The second kappa shape index (κ2) is 10.3. The Morgan fingerprint density at radius 3 is 2.40 bits per heavy atom. The normalized spacial score (nSPS) is 10.3. The standard InChI is InChI=1S/C25H26N2O3/c1-18-12-15-23(30-2)22(16-18)27-24(28)17-26-25(29)21-11-7-6-10-20(21)14-13-19-8-4-3-5-9-19/h3-12,15-16H,13-14,17H2,1-2H3,(H,26,29)(H,27,28). The predicted octanol–water partition coefficient (Wildman–Crippen LogP) is 4.16. The van der Waals surface area contributed by atoms with Crippen LogP contribution in [0.3, 0.4) is 0 Å². The summed E-state index contributed by atoms with van der Waals surface area (Å²) in [5, 5.41) is 5.51. The van der Waals surface area contributed by atoms with E-state index in [4.69, 9.17) is 4.74 Å². The van der Waals surface area contributed by atoms with E-state index in [1.807, 2.05) is 55.5 Å². The number of hydrogen-bond donors (Lipinski definition) is 2. The molecule has 3 rings (SSSR count). The van der Waals surface area contributed by atoms with Gasteiger partial charge < -0.3 is 15.4 Å². The van der Waals surface area contributed by atoms with Crippen molar-refractivity contribution in [1.29, 1.82) is 0 Å². The Balaban J connectivity index is 1.60. The average molecular weight is 402 g/mol. The van der Waals surface area contributed by atoms with E-state index < -0.39 is 0 Å². The van der Waals surface area contributed by atoms with Crippen molar-refractivity contribution in [3.63, 3.8) is 0 Å². The number of anilines is 1. The van der Waals surface area contributed by atoms with Crippen molar-refractivity contribution < 1.29 is 14.3 Å². The summed E-state index contributed by atoms with van der Waals surface area (Å²) in [5.74, 6) is 0.00516. The van der Waals surface area contributed by atoms with E-state index in [1.54, 1.807) is 19.2 Å². The van der Waals surface area contributed by atoms with Crippen molar-refractivity contribution in [2.45, 2.75) is 19.8 Å². The summed E-state index contributed by atoms with van der Waals surface area (Å²) < 4.78 is 5.27. The zero-order valence-corrected chi connectivity index (χ0v) is 17.3. The van der Waals surface area contributed by atoms with Gasteiger partial charge in [-0.1, -0.05) is 54.6 Å². The molecule has 0 aliphatic carbocycles. The predicted molar refractivity (Wildman–Crippen MR) is 119 cm³/mol. The topological polar surface area (TPSA) is 67.4 Å². The minimum atomic E-state index is -0.311. The molecule has 5 nitrogen and oxygen atoms in total. The summed E-state index contributed by atoms with van der Waals surface area (Å²) in [4.78, 5) is 25.0. The van der Waals surface area contributed by atoms with Gasteiger partial charge in [-0.15, -0.1) is 0 Å². The smallest absolute Gasteiger partial charge is 0.251 e. The molecule has 154 valence electrons. The maximum absolute atomic E-state index is 12.7. The van der Waals surface area contributed by atoms with Gasteiger partial charge in [0.2, 0.25) is 5.91 Å². The van der Waals surface area contributed by atoms with Crippen LogP contribution < -0.4 is 15.4 Å². The van der Waals surface area contributed by atoms with Crippen LogP contribution in [0.25, 0.3) is 0 Å². The number of benzene rings is 3. The van der Waals surface area contributed by atoms with Crippen LogP contribution in [0.1, 0.15) is 27.0 Å². The van der Waals surface area contributed by atoms with Crippen molar-refractivity contribution in [2.24, 2.45) is 0 Å². The maximum atomic E-state index is 12.7. The van der Waals surface area contributed by atoms with Gasteiger partial charge in [-0.2, -0.15) is 0 Å². The summed E-state index contributed by atoms with van der Waals surface area (Å²) in [6.45, 7) is 1.81. The van der Waals surface area contributed by atoms with Crippen LogP contribution in [-0.4, -0.2) is 25.5 Å². The number of ether oxygens (including phenoxy) is 1. The lowest BCUT2D eigenvalue weighted by molar-refractivity contribution is -0.115. The fourth-order valence-electron chi connectivity index (χ4n) is 3.25. The molecule has 0 saturated heterocycles. The minimum Gasteiger partial charge on any atom is -0.495 e. The summed E-state index contributed by atoms with van der Waals surface area (Å²) >= 11 is 0. The number of nitrogens with one attached hydrogen (secondary N) is 2. The van der Waals surface area contributed by atoms with Gasteiger partial charge in [-0.25, -0.2) is 0 Å². The molecule has 0 spiro atoms. The molecule has 0 aliphatic heterocycles. The average Bonchev–Trinajstić information content (AvgIpc) is 2.77. The molecule has 2 N–H and O–H groups in total. The van der Waals surface area contributed by atoms with Crippen LogP contribution >= 0.6 is 0 Å². The highest BCUT2D eigenvalue weighted by molar-refractivity contribution is 6.00. The van der Waals surface area contributed by atoms with Crippen molar-refractivity contribution >= 4 is 17.5 Å². The van der Waals surface area contributed by atoms with Crippen molar-refractivity contribution in [3.8, 4) is 5.75 Å². The molecule has 0 unspecified atom stereocenters. The van der Waals surface area contributed by atoms with Gasteiger partial charge in [-0.3, -0.25) is 9.59 Å². The van der Waals surface area contributed by atoms with E-state index in [2.05, 4.69) is 22.8 Å². The zero-order valence-electron chi connectivity index (χ0n) is 17.3. The number of carbonyl (C=O) groups is 2. The molecule has 0 atom stereocenters. The molecule has 30 heavy (non-hydrogen) atoms. The van der Waals surface area contributed by atoms with Crippen molar-refractivity contribution in [1.82, 2.24) is 5.32 Å². The van der Waals surface area contributed by atoms with Gasteiger partial charge in [-0.05, 0) is 54.7 Å². The molecule has 3 aromatic rings. The Morgan fingerprint density at radius 1 is 0.900 bits per heavy atom.